The Bertz CT molecular complexity index is 857. The Balaban J connectivity index is 1.75. The van der Waals surface area contributed by atoms with E-state index in [2.05, 4.69) is 15.6 Å². The summed E-state index contributed by atoms with van der Waals surface area (Å²) in [5.74, 6) is -0.486. The number of anilines is 1. The summed E-state index contributed by atoms with van der Waals surface area (Å²) < 4.78 is 39.3. The lowest BCUT2D eigenvalue weighted by atomic mass is 10.2. The van der Waals surface area contributed by atoms with Crippen LogP contribution in [0.25, 0.3) is 11.0 Å². The zero-order valence-electron chi connectivity index (χ0n) is 11.7. The summed E-state index contributed by atoms with van der Waals surface area (Å²) in [6.45, 7) is -0.142. The van der Waals surface area contributed by atoms with Crippen molar-refractivity contribution in [2.45, 2.75) is 12.7 Å². The van der Waals surface area contributed by atoms with E-state index < -0.39 is 17.6 Å². The molecule has 0 aliphatic carbocycles. The first-order valence-corrected chi connectivity index (χ1v) is 6.69. The monoisotopic (exact) mass is 320 g/mol. The van der Waals surface area contributed by atoms with Gasteiger partial charge in [-0.05, 0) is 30.3 Å². The molecule has 0 saturated carbocycles. The Hall–Kier alpha value is -2.90. The van der Waals surface area contributed by atoms with Crippen molar-refractivity contribution >= 4 is 22.6 Å². The van der Waals surface area contributed by atoms with Crippen LogP contribution in [0, 0.1) is 0 Å². The van der Waals surface area contributed by atoms with Gasteiger partial charge in [0.15, 0.2) is 0 Å². The molecule has 1 N–H and O–H groups in total. The average molecular weight is 320 g/mol. The topological polar surface area (TPSA) is 59.8 Å². The zero-order chi connectivity index (χ0) is 16.4. The molecule has 2 aromatic carbocycles. The highest BCUT2D eigenvalue weighted by atomic mass is 19.4. The van der Waals surface area contributed by atoms with Gasteiger partial charge in [-0.1, -0.05) is 23.4 Å². The predicted octanol–water partition coefficient (Wildman–Crippen LogP) is 3.09. The molecule has 1 aromatic heterocycles. The van der Waals surface area contributed by atoms with E-state index in [9.17, 15) is 18.0 Å². The number of para-hydroxylation sites is 1. The second kappa shape index (κ2) is 5.71. The number of carbonyl (C=O) groups excluding carboxylic acids is 1. The molecule has 0 bridgehead atoms. The van der Waals surface area contributed by atoms with Crippen molar-refractivity contribution in [2.24, 2.45) is 0 Å². The third-order valence-corrected chi connectivity index (χ3v) is 3.19. The Morgan fingerprint density at radius 2 is 1.91 bits per heavy atom. The van der Waals surface area contributed by atoms with Gasteiger partial charge in [-0.25, -0.2) is 4.68 Å². The lowest BCUT2D eigenvalue weighted by molar-refractivity contribution is -0.137. The number of amides is 1. The summed E-state index contributed by atoms with van der Waals surface area (Å²) >= 11 is 0. The normalized spacial score (nSPS) is 11.6. The average Bonchev–Trinajstić information content (AvgIpc) is 2.90. The van der Waals surface area contributed by atoms with Crippen molar-refractivity contribution in [1.82, 2.24) is 15.0 Å². The summed E-state index contributed by atoms with van der Waals surface area (Å²) in [7, 11) is 0. The highest BCUT2D eigenvalue weighted by Gasteiger charge is 2.30. The molecule has 0 radical (unpaired) electrons. The fraction of sp³-hybridized carbons (Fsp3) is 0.133. The van der Waals surface area contributed by atoms with Gasteiger partial charge in [-0.2, -0.15) is 13.2 Å². The Morgan fingerprint density at radius 3 is 2.70 bits per heavy atom. The van der Waals surface area contributed by atoms with Crippen LogP contribution in [-0.2, 0) is 17.5 Å². The number of fused-ring (bicyclic) bond motifs is 1. The summed E-state index contributed by atoms with van der Waals surface area (Å²) in [5.41, 5.74) is 0.571. The van der Waals surface area contributed by atoms with Crippen molar-refractivity contribution in [3.63, 3.8) is 0 Å². The summed E-state index contributed by atoms with van der Waals surface area (Å²) in [6.07, 6.45) is -4.46. The lowest BCUT2D eigenvalue weighted by Gasteiger charge is -2.10. The van der Waals surface area contributed by atoms with Crippen molar-refractivity contribution in [2.75, 3.05) is 5.32 Å². The van der Waals surface area contributed by atoms with E-state index in [1.165, 1.54) is 16.8 Å². The molecular weight excluding hydrogens is 309 g/mol. The Morgan fingerprint density at radius 1 is 1.13 bits per heavy atom. The number of aromatic nitrogens is 3. The van der Waals surface area contributed by atoms with E-state index in [1.807, 2.05) is 0 Å². The summed E-state index contributed by atoms with van der Waals surface area (Å²) in [6, 6.07) is 11.6. The highest BCUT2D eigenvalue weighted by molar-refractivity contribution is 5.91. The van der Waals surface area contributed by atoms with Crippen LogP contribution in [0.3, 0.4) is 0 Å². The minimum Gasteiger partial charge on any atom is -0.324 e. The van der Waals surface area contributed by atoms with E-state index in [0.29, 0.717) is 11.0 Å². The third-order valence-electron chi connectivity index (χ3n) is 3.19. The number of nitrogens with zero attached hydrogens (tertiary/aromatic N) is 3. The number of alkyl halides is 3. The van der Waals surface area contributed by atoms with Crippen LogP contribution >= 0.6 is 0 Å². The number of nitrogens with one attached hydrogen (secondary N) is 1. The molecule has 118 valence electrons. The van der Waals surface area contributed by atoms with Crippen LogP contribution in [0.15, 0.2) is 48.5 Å². The first-order chi connectivity index (χ1) is 10.9. The highest BCUT2D eigenvalue weighted by Crippen LogP contribution is 2.30. The molecule has 5 nitrogen and oxygen atoms in total. The van der Waals surface area contributed by atoms with Gasteiger partial charge in [0.2, 0.25) is 5.91 Å². The largest absolute Gasteiger partial charge is 0.416 e. The molecule has 0 aliphatic heterocycles. The predicted molar refractivity (Wildman–Crippen MR) is 77.6 cm³/mol. The van der Waals surface area contributed by atoms with Gasteiger partial charge in [0.05, 0.1) is 11.1 Å². The molecule has 0 fully saturated rings. The van der Waals surface area contributed by atoms with Gasteiger partial charge < -0.3 is 5.32 Å². The van der Waals surface area contributed by atoms with E-state index in [0.717, 1.165) is 12.1 Å². The maximum Gasteiger partial charge on any atom is 0.416 e. The fourth-order valence-electron chi connectivity index (χ4n) is 2.14. The Labute approximate surface area is 128 Å². The molecule has 0 aliphatic rings. The standard InChI is InChI=1S/C15H11F3N4O/c16-15(17,18)10-4-3-5-11(8-10)19-14(23)9-22-13-7-2-1-6-12(13)20-21-22/h1-8H,9H2,(H,19,23). The number of rotatable bonds is 3. The molecule has 1 heterocycles. The van der Waals surface area contributed by atoms with Crippen molar-refractivity contribution in [3.05, 3.63) is 54.1 Å². The molecular formula is C15H11F3N4O. The van der Waals surface area contributed by atoms with Gasteiger partial charge in [-0.15, -0.1) is 5.10 Å². The van der Waals surface area contributed by atoms with Gasteiger partial charge in [0, 0.05) is 5.69 Å². The number of hydrogen-bond acceptors (Lipinski definition) is 3. The molecule has 1 amide bonds. The van der Waals surface area contributed by atoms with E-state index in [4.69, 9.17) is 0 Å². The van der Waals surface area contributed by atoms with Crippen LogP contribution in [0.1, 0.15) is 5.56 Å². The fourth-order valence-corrected chi connectivity index (χ4v) is 2.14. The smallest absolute Gasteiger partial charge is 0.324 e. The van der Waals surface area contributed by atoms with Crippen LogP contribution < -0.4 is 5.32 Å². The van der Waals surface area contributed by atoms with Gasteiger partial charge in [0.25, 0.3) is 0 Å². The number of hydrogen-bond donors (Lipinski definition) is 1. The summed E-state index contributed by atoms with van der Waals surface area (Å²) in [4.78, 5) is 12.0. The third kappa shape index (κ3) is 3.31. The molecule has 0 spiro atoms. The van der Waals surface area contributed by atoms with E-state index >= 15 is 0 Å². The number of carbonyl (C=O) groups is 1. The van der Waals surface area contributed by atoms with Gasteiger partial charge in [0.1, 0.15) is 12.1 Å². The lowest BCUT2D eigenvalue weighted by Crippen LogP contribution is -2.20. The second-order valence-corrected chi connectivity index (χ2v) is 4.86. The molecule has 3 aromatic rings. The maximum absolute atomic E-state index is 12.6. The summed E-state index contributed by atoms with van der Waals surface area (Å²) in [5, 5.41) is 10.2. The van der Waals surface area contributed by atoms with Crippen LogP contribution in [0.2, 0.25) is 0 Å². The Kier molecular flexibility index (Phi) is 3.73. The first-order valence-electron chi connectivity index (χ1n) is 6.69. The van der Waals surface area contributed by atoms with E-state index in [1.54, 1.807) is 24.3 Å². The minimum absolute atomic E-state index is 0.0780. The van der Waals surface area contributed by atoms with Gasteiger partial charge >= 0.3 is 6.18 Å². The number of benzene rings is 2. The molecule has 3 rings (SSSR count). The van der Waals surface area contributed by atoms with Gasteiger partial charge in [-0.3, -0.25) is 4.79 Å². The molecule has 0 atom stereocenters. The van der Waals surface area contributed by atoms with Crippen LogP contribution in [0.4, 0.5) is 18.9 Å². The van der Waals surface area contributed by atoms with Crippen LogP contribution in [-0.4, -0.2) is 20.9 Å². The zero-order valence-corrected chi connectivity index (χ0v) is 11.7. The van der Waals surface area contributed by atoms with E-state index in [-0.39, 0.29) is 12.2 Å². The van der Waals surface area contributed by atoms with Crippen molar-refractivity contribution in [3.8, 4) is 0 Å². The minimum atomic E-state index is -4.46. The molecule has 8 heteroatoms. The molecule has 0 saturated heterocycles. The molecule has 23 heavy (non-hydrogen) atoms. The van der Waals surface area contributed by atoms with Crippen molar-refractivity contribution in [1.29, 1.82) is 0 Å². The number of halogens is 3. The quantitative estimate of drug-likeness (QED) is 0.807. The second-order valence-electron chi connectivity index (χ2n) is 4.86. The SMILES string of the molecule is O=C(Cn1nnc2ccccc21)Nc1cccc(C(F)(F)F)c1. The van der Waals surface area contributed by atoms with Crippen molar-refractivity contribution < 1.29 is 18.0 Å². The first kappa shape index (κ1) is 15.0. The van der Waals surface area contributed by atoms with Crippen LogP contribution in [0.5, 0.6) is 0 Å². The molecule has 0 unspecified atom stereocenters. The maximum atomic E-state index is 12.6.